The molecule has 27 heavy (non-hydrogen) atoms. The quantitative estimate of drug-likeness (QED) is 0.358. The summed E-state index contributed by atoms with van der Waals surface area (Å²) in [6.45, 7) is 2.00. The molecule has 0 radical (unpaired) electrons. The third-order valence-electron chi connectivity index (χ3n) is 5.97. The van der Waals surface area contributed by atoms with Gasteiger partial charge in [0.1, 0.15) is 6.23 Å². The van der Waals surface area contributed by atoms with E-state index in [1.807, 2.05) is 6.92 Å². The Morgan fingerprint density at radius 2 is 2.07 bits per heavy atom. The fraction of sp³-hybridized carbons (Fsp3) is 0.583. The first-order valence-electron chi connectivity index (χ1n) is 10.6. The van der Waals surface area contributed by atoms with E-state index in [0.717, 1.165) is 25.2 Å². The Kier molecular flexibility index (Phi) is 7.76. The summed E-state index contributed by atoms with van der Waals surface area (Å²) >= 11 is 1.78. The molecule has 1 unspecified atom stereocenters. The lowest BCUT2D eigenvalue weighted by molar-refractivity contribution is 0.118. The zero-order valence-electron chi connectivity index (χ0n) is 16.5. The topological polar surface area (TPSA) is 46.2 Å². The van der Waals surface area contributed by atoms with Gasteiger partial charge < -0.3 is 10.8 Å². The van der Waals surface area contributed by atoms with Crippen molar-refractivity contribution in [2.75, 3.05) is 0 Å². The number of aliphatic hydroxyl groups is 1. The molecule has 1 aliphatic carbocycles. The van der Waals surface area contributed by atoms with E-state index in [-0.39, 0.29) is 5.92 Å². The Hall–Kier alpha value is -1.34. The lowest BCUT2D eigenvalue weighted by atomic mass is 9.86. The van der Waals surface area contributed by atoms with Gasteiger partial charge in [0.15, 0.2) is 0 Å². The Morgan fingerprint density at radius 3 is 2.85 bits per heavy atom. The molecule has 0 spiro atoms. The van der Waals surface area contributed by atoms with Crippen molar-refractivity contribution in [1.29, 1.82) is 0 Å². The number of hydrogen-bond donors (Lipinski definition) is 2. The molecule has 1 aromatic heterocycles. The molecule has 1 aromatic carbocycles. The molecule has 0 bridgehead atoms. The van der Waals surface area contributed by atoms with E-state index in [4.69, 9.17) is 5.73 Å². The molecule has 2 nitrogen and oxygen atoms in total. The Bertz CT molecular complexity index is 777. The highest BCUT2D eigenvalue weighted by Gasteiger charge is 2.12. The zero-order valence-corrected chi connectivity index (χ0v) is 17.4. The van der Waals surface area contributed by atoms with E-state index in [1.165, 1.54) is 66.2 Å². The largest absolute Gasteiger partial charge is 0.379 e. The van der Waals surface area contributed by atoms with Crippen molar-refractivity contribution >= 4 is 21.4 Å². The van der Waals surface area contributed by atoms with Gasteiger partial charge in [-0.05, 0) is 49.1 Å². The number of nitrogens with two attached hydrogens (primary N) is 1. The molecular formula is C24H33NOS. The van der Waals surface area contributed by atoms with Crippen molar-refractivity contribution in [1.82, 2.24) is 0 Å². The molecule has 0 amide bonds. The number of aliphatic hydroxyl groups excluding tert-OH is 1. The molecule has 0 aliphatic heterocycles. The minimum atomic E-state index is -0.726. The number of unbranched alkanes of at least 4 members (excludes halogenated alkanes) is 1. The average molecular weight is 384 g/mol. The second-order valence-electron chi connectivity index (χ2n) is 8.18. The van der Waals surface area contributed by atoms with Crippen LogP contribution < -0.4 is 5.73 Å². The number of aryl methyl sites for hydroxylation is 1. The van der Waals surface area contributed by atoms with Gasteiger partial charge in [-0.2, -0.15) is 0 Å². The van der Waals surface area contributed by atoms with Crippen LogP contribution in [0.15, 0.2) is 23.6 Å². The molecule has 1 heterocycles. The van der Waals surface area contributed by atoms with Crippen molar-refractivity contribution in [3.8, 4) is 11.8 Å². The molecule has 3 heteroatoms. The van der Waals surface area contributed by atoms with E-state index in [0.29, 0.717) is 0 Å². The van der Waals surface area contributed by atoms with Crippen LogP contribution in [0.3, 0.4) is 0 Å². The van der Waals surface area contributed by atoms with Crippen LogP contribution in [0.1, 0.15) is 75.8 Å². The van der Waals surface area contributed by atoms with Crippen LogP contribution in [0.5, 0.6) is 0 Å². The highest BCUT2D eigenvalue weighted by atomic mass is 32.1. The number of hydrogen-bond acceptors (Lipinski definition) is 3. The van der Waals surface area contributed by atoms with E-state index in [2.05, 4.69) is 35.4 Å². The van der Waals surface area contributed by atoms with Crippen molar-refractivity contribution in [3.63, 3.8) is 0 Å². The normalized spacial score (nSPS) is 17.4. The molecule has 2 aromatic rings. The maximum atomic E-state index is 9.43. The van der Waals surface area contributed by atoms with Gasteiger partial charge >= 0.3 is 0 Å². The summed E-state index contributed by atoms with van der Waals surface area (Å²) < 4.78 is 1.31. The number of rotatable bonds is 7. The second kappa shape index (κ2) is 10.3. The van der Waals surface area contributed by atoms with Gasteiger partial charge in [-0.25, -0.2) is 0 Å². The van der Waals surface area contributed by atoms with Gasteiger partial charge in [-0.15, -0.1) is 11.3 Å². The lowest BCUT2D eigenvalue weighted by Gasteiger charge is -2.20. The molecule has 1 saturated carbocycles. The molecule has 146 valence electrons. The van der Waals surface area contributed by atoms with Gasteiger partial charge in [-0.3, -0.25) is 0 Å². The van der Waals surface area contributed by atoms with E-state index in [1.54, 1.807) is 11.3 Å². The first-order valence-corrected chi connectivity index (χ1v) is 11.4. The minimum Gasteiger partial charge on any atom is -0.379 e. The van der Waals surface area contributed by atoms with Crippen molar-refractivity contribution in [2.24, 2.45) is 17.6 Å². The first-order chi connectivity index (χ1) is 13.1. The highest BCUT2D eigenvalue weighted by molar-refractivity contribution is 7.17. The third-order valence-corrected chi connectivity index (χ3v) is 6.92. The lowest BCUT2D eigenvalue weighted by Crippen LogP contribution is -2.27. The number of thiophene rings is 1. The van der Waals surface area contributed by atoms with Crippen molar-refractivity contribution in [3.05, 3.63) is 34.7 Å². The van der Waals surface area contributed by atoms with E-state index in [9.17, 15) is 5.11 Å². The fourth-order valence-corrected chi connectivity index (χ4v) is 4.96. The molecule has 3 N–H and O–H groups in total. The van der Waals surface area contributed by atoms with Crippen LogP contribution in [0.25, 0.3) is 10.1 Å². The van der Waals surface area contributed by atoms with Crippen molar-refractivity contribution in [2.45, 2.75) is 77.4 Å². The average Bonchev–Trinajstić information content (AvgIpc) is 3.09. The first kappa shape index (κ1) is 20.4. The SMILES string of the molecule is C[C@H](CCc1ccc2c(C#CCCCC3CCCCC3)csc2c1)C(N)O. The van der Waals surface area contributed by atoms with Gasteiger partial charge in [0.2, 0.25) is 0 Å². The maximum absolute atomic E-state index is 9.43. The number of fused-ring (bicyclic) bond motifs is 1. The van der Waals surface area contributed by atoms with Crippen LogP contribution >= 0.6 is 11.3 Å². The summed E-state index contributed by atoms with van der Waals surface area (Å²) in [7, 11) is 0. The molecule has 3 rings (SSSR count). The van der Waals surface area contributed by atoms with Crippen LogP contribution in [0.4, 0.5) is 0 Å². The molecule has 2 atom stereocenters. The highest BCUT2D eigenvalue weighted by Crippen LogP contribution is 2.29. The predicted octanol–water partition coefficient (Wildman–Crippen LogP) is 5.85. The summed E-state index contributed by atoms with van der Waals surface area (Å²) in [6.07, 6.45) is 11.9. The summed E-state index contributed by atoms with van der Waals surface area (Å²) in [5, 5.41) is 12.9. The van der Waals surface area contributed by atoms with Crippen molar-refractivity contribution < 1.29 is 5.11 Å². The molecule has 0 saturated heterocycles. The van der Waals surface area contributed by atoms with Crippen LogP contribution in [-0.4, -0.2) is 11.3 Å². The second-order valence-corrected chi connectivity index (χ2v) is 9.10. The maximum Gasteiger partial charge on any atom is 0.105 e. The Morgan fingerprint density at radius 1 is 1.26 bits per heavy atom. The Labute approximate surface area is 168 Å². The Balaban J connectivity index is 1.52. The fourth-order valence-electron chi connectivity index (χ4n) is 4.00. The van der Waals surface area contributed by atoms with Gasteiger partial charge in [-0.1, -0.05) is 63.0 Å². The van der Waals surface area contributed by atoms with Crippen LogP contribution in [0, 0.1) is 23.7 Å². The molecular weight excluding hydrogens is 350 g/mol. The van der Waals surface area contributed by atoms with Crippen LogP contribution in [0.2, 0.25) is 0 Å². The van der Waals surface area contributed by atoms with Gasteiger partial charge in [0.05, 0.1) is 0 Å². The monoisotopic (exact) mass is 383 g/mol. The number of benzene rings is 1. The van der Waals surface area contributed by atoms with Gasteiger partial charge in [0, 0.05) is 27.5 Å². The van der Waals surface area contributed by atoms with Gasteiger partial charge in [0.25, 0.3) is 0 Å². The minimum absolute atomic E-state index is 0.124. The zero-order chi connectivity index (χ0) is 19.1. The summed E-state index contributed by atoms with van der Waals surface area (Å²) in [4.78, 5) is 0. The molecule has 1 fully saturated rings. The van der Waals surface area contributed by atoms with E-state index < -0.39 is 6.23 Å². The summed E-state index contributed by atoms with van der Waals surface area (Å²) in [5.74, 6) is 7.89. The molecule has 1 aliphatic rings. The smallest absolute Gasteiger partial charge is 0.105 e. The third kappa shape index (κ3) is 6.07. The van der Waals surface area contributed by atoms with E-state index >= 15 is 0 Å². The summed E-state index contributed by atoms with van der Waals surface area (Å²) in [5.41, 5.74) is 8.03. The summed E-state index contributed by atoms with van der Waals surface area (Å²) in [6, 6.07) is 6.67. The van der Waals surface area contributed by atoms with Crippen LogP contribution in [-0.2, 0) is 6.42 Å². The predicted molar refractivity (Wildman–Crippen MR) is 117 cm³/mol. The standard InChI is InChI=1S/C24H33NOS/c1-18(24(25)26)12-13-20-14-15-22-21(17-27-23(22)16-20)11-7-3-6-10-19-8-4-2-5-9-19/h14-19,24,26H,2-6,8-10,12-13,25H2,1H3/t18-,24?/m1/s1.